The van der Waals surface area contributed by atoms with Crippen molar-refractivity contribution in [2.45, 2.75) is 58.2 Å². The second-order valence-electron chi connectivity index (χ2n) is 10.2. The highest BCUT2D eigenvalue weighted by Gasteiger charge is 2.39. The largest absolute Gasteiger partial charge is 0.489 e. The fourth-order valence-corrected chi connectivity index (χ4v) is 4.54. The summed E-state index contributed by atoms with van der Waals surface area (Å²) in [6, 6.07) is 3.71. The van der Waals surface area contributed by atoms with E-state index in [0.29, 0.717) is 37.7 Å². The molecule has 2 aliphatic carbocycles. The first kappa shape index (κ1) is 25.4. The summed E-state index contributed by atoms with van der Waals surface area (Å²) in [5.41, 5.74) is 6.66. The van der Waals surface area contributed by atoms with Crippen LogP contribution in [0.15, 0.2) is 22.6 Å². The van der Waals surface area contributed by atoms with Gasteiger partial charge in [-0.2, -0.15) is 8.78 Å². The molecule has 2 N–H and O–H groups in total. The van der Waals surface area contributed by atoms with Crippen molar-refractivity contribution in [2.75, 3.05) is 26.2 Å². The van der Waals surface area contributed by atoms with E-state index in [4.69, 9.17) is 14.9 Å². The number of carbonyl (C=O) groups is 2. The van der Waals surface area contributed by atoms with Crippen molar-refractivity contribution in [3.05, 3.63) is 29.7 Å². The van der Waals surface area contributed by atoms with Crippen LogP contribution in [-0.2, 0) is 4.79 Å². The number of benzene rings is 1. The third-order valence-corrected chi connectivity index (χ3v) is 6.97. The van der Waals surface area contributed by atoms with Crippen LogP contribution >= 0.6 is 0 Å². The highest BCUT2D eigenvalue weighted by atomic mass is 19.3. The van der Waals surface area contributed by atoms with Crippen LogP contribution in [0.4, 0.5) is 8.78 Å². The average molecular weight is 519 g/mol. The zero-order valence-electron chi connectivity index (χ0n) is 21.0. The van der Waals surface area contributed by atoms with Crippen molar-refractivity contribution in [2.24, 2.45) is 17.6 Å². The van der Waals surface area contributed by atoms with E-state index >= 15 is 0 Å². The number of oxazole rings is 1. The summed E-state index contributed by atoms with van der Waals surface area (Å²) in [6.45, 7) is 2.28. The summed E-state index contributed by atoms with van der Waals surface area (Å²) in [6.07, 6.45) is 3.95. The molecule has 2 heterocycles. The highest BCUT2D eigenvalue weighted by Crippen LogP contribution is 2.37. The Morgan fingerprint density at radius 2 is 1.95 bits per heavy atom. The Morgan fingerprint density at radius 1 is 1.19 bits per heavy atom. The van der Waals surface area contributed by atoms with Crippen molar-refractivity contribution in [1.29, 1.82) is 0 Å². The van der Waals surface area contributed by atoms with Gasteiger partial charge in [-0.25, -0.2) is 4.98 Å². The van der Waals surface area contributed by atoms with Crippen LogP contribution in [-0.4, -0.2) is 65.5 Å². The molecule has 2 aromatic rings. The zero-order valence-corrected chi connectivity index (χ0v) is 21.0. The number of hydrogen-bond donors (Lipinski definition) is 1. The minimum absolute atomic E-state index is 0.0812. The molecule has 11 heteroatoms. The maximum absolute atomic E-state index is 13.5. The molecule has 2 atom stereocenters. The number of halogens is 2. The van der Waals surface area contributed by atoms with Crippen molar-refractivity contribution in [1.82, 2.24) is 14.8 Å². The molecule has 9 nitrogen and oxygen atoms in total. The molecule has 2 saturated carbocycles. The van der Waals surface area contributed by atoms with Gasteiger partial charge in [0.05, 0.1) is 12.6 Å². The molecule has 37 heavy (non-hydrogen) atoms. The van der Waals surface area contributed by atoms with Gasteiger partial charge in [0.1, 0.15) is 0 Å². The van der Waals surface area contributed by atoms with Gasteiger partial charge in [-0.3, -0.25) is 9.59 Å². The lowest BCUT2D eigenvalue weighted by atomic mass is 10.1. The number of nitrogens with zero attached hydrogens (tertiary/aromatic N) is 3. The SMILES string of the molecule is C[C@H](N)c1oc(-c2ccc(OC(F)F)c(OCC3CC3)c2)nc1C(=O)N1CCN(C(=O)C2CC2)[C@H](C)C1. The van der Waals surface area contributed by atoms with E-state index in [2.05, 4.69) is 9.72 Å². The number of ether oxygens (including phenoxy) is 2. The van der Waals surface area contributed by atoms with Gasteiger partial charge in [0.25, 0.3) is 5.91 Å². The molecule has 3 aliphatic rings. The number of aromatic nitrogens is 1. The molecule has 0 bridgehead atoms. The summed E-state index contributed by atoms with van der Waals surface area (Å²) < 4.78 is 42.1. The van der Waals surface area contributed by atoms with Crippen LogP contribution in [0.25, 0.3) is 11.5 Å². The number of hydrogen-bond acceptors (Lipinski definition) is 7. The maximum atomic E-state index is 13.5. The van der Waals surface area contributed by atoms with Crippen LogP contribution in [0.5, 0.6) is 11.5 Å². The molecule has 1 aliphatic heterocycles. The van der Waals surface area contributed by atoms with Gasteiger partial charge < -0.3 is 29.4 Å². The number of alkyl halides is 2. The first-order valence-corrected chi connectivity index (χ1v) is 12.8. The molecule has 1 saturated heterocycles. The van der Waals surface area contributed by atoms with Crippen molar-refractivity contribution in [3.63, 3.8) is 0 Å². The molecule has 0 spiro atoms. The predicted octanol–water partition coefficient (Wildman–Crippen LogP) is 3.83. The van der Waals surface area contributed by atoms with E-state index in [1.54, 1.807) is 11.8 Å². The smallest absolute Gasteiger partial charge is 0.387 e. The molecule has 1 aromatic heterocycles. The third kappa shape index (κ3) is 5.71. The maximum Gasteiger partial charge on any atom is 0.387 e. The fourth-order valence-electron chi connectivity index (χ4n) is 4.54. The van der Waals surface area contributed by atoms with Gasteiger partial charge in [0, 0.05) is 37.2 Å². The van der Waals surface area contributed by atoms with E-state index in [-0.39, 0.29) is 52.6 Å². The number of carbonyl (C=O) groups excluding carboxylic acids is 2. The molecule has 5 rings (SSSR count). The van der Waals surface area contributed by atoms with Gasteiger partial charge >= 0.3 is 6.61 Å². The summed E-state index contributed by atoms with van der Waals surface area (Å²) in [5.74, 6) is 0.813. The first-order chi connectivity index (χ1) is 17.7. The lowest BCUT2D eigenvalue weighted by molar-refractivity contribution is -0.136. The number of piperazine rings is 1. The van der Waals surface area contributed by atoms with Gasteiger partial charge in [0.15, 0.2) is 23.0 Å². The number of nitrogens with two attached hydrogens (primary N) is 1. The molecule has 3 fully saturated rings. The van der Waals surface area contributed by atoms with Crippen LogP contribution in [0.2, 0.25) is 0 Å². The van der Waals surface area contributed by atoms with Crippen LogP contribution in [0.1, 0.15) is 61.8 Å². The third-order valence-electron chi connectivity index (χ3n) is 6.97. The summed E-state index contributed by atoms with van der Waals surface area (Å²) in [5, 5.41) is 0. The molecular weight excluding hydrogens is 486 g/mol. The van der Waals surface area contributed by atoms with E-state index in [1.807, 2.05) is 11.8 Å². The van der Waals surface area contributed by atoms with E-state index in [0.717, 1.165) is 25.7 Å². The van der Waals surface area contributed by atoms with Crippen molar-refractivity contribution >= 4 is 11.8 Å². The first-order valence-electron chi connectivity index (χ1n) is 12.8. The highest BCUT2D eigenvalue weighted by molar-refractivity contribution is 5.94. The molecule has 1 aromatic carbocycles. The predicted molar refractivity (Wildman–Crippen MR) is 129 cm³/mol. The normalized spacial score (nSPS) is 20.8. The Balaban J connectivity index is 1.37. The average Bonchev–Trinajstić information content (AvgIpc) is 3.80. The van der Waals surface area contributed by atoms with E-state index < -0.39 is 12.7 Å². The topological polar surface area (TPSA) is 111 Å². The zero-order chi connectivity index (χ0) is 26.3. The monoisotopic (exact) mass is 518 g/mol. The van der Waals surface area contributed by atoms with E-state index in [9.17, 15) is 18.4 Å². The molecule has 0 radical (unpaired) electrons. The van der Waals surface area contributed by atoms with Gasteiger partial charge in [-0.15, -0.1) is 0 Å². The second-order valence-corrected chi connectivity index (χ2v) is 10.2. The van der Waals surface area contributed by atoms with Gasteiger partial charge in [0.2, 0.25) is 11.8 Å². The van der Waals surface area contributed by atoms with E-state index in [1.165, 1.54) is 18.2 Å². The van der Waals surface area contributed by atoms with Crippen LogP contribution in [0.3, 0.4) is 0 Å². The Hall–Kier alpha value is -3.21. The fraction of sp³-hybridized carbons (Fsp3) is 0.577. The van der Waals surface area contributed by atoms with Crippen molar-refractivity contribution < 1.29 is 32.3 Å². The van der Waals surface area contributed by atoms with Crippen LogP contribution in [0, 0.1) is 11.8 Å². The Bertz CT molecular complexity index is 1160. The van der Waals surface area contributed by atoms with Crippen LogP contribution < -0.4 is 15.2 Å². The minimum atomic E-state index is -2.99. The number of rotatable bonds is 9. The van der Waals surface area contributed by atoms with Crippen molar-refractivity contribution in [3.8, 4) is 23.0 Å². The minimum Gasteiger partial charge on any atom is -0.489 e. The molecule has 0 unspecified atom stereocenters. The van der Waals surface area contributed by atoms with Gasteiger partial charge in [-0.1, -0.05) is 0 Å². The summed E-state index contributed by atoms with van der Waals surface area (Å²) in [7, 11) is 0. The Labute approximate surface area is 213 Å². The molecule has 2 amide bonds. The summed E-state index contributed by atoms with van der Waals surface area (Å²) >= 11 is 0. The lowest BCUT2D eigenvalue weighted by Gasteiger charge is -2.39. The molecule has 200 valence electrons. The lowest BCUT2D eigenvalue weighted by Crippen LogP contribution is -2.56. The standard InChI is InChI=1S/C26H32F2N4O5/c1-14-12-31(9-10-32(14)24(33)17-5-6-17)25(34)21-22(15(2)29)37-23(30-21)18-7-8-19(36-26(27)28)20(11-18)35-13-16-3-4-16/h7-8,11,14-17,26H,3-6,9-10,12-13,29H2,1-2H3/t14-,15+/m1/s1. The molecular formula is C26H32F2N4O5. The quantitative estimate of drug-likeness (QED) is 0.537. The Morgan fingerprint density at radius 3 is 2.57 bits per heavy atom. The second kappa shape index (κ2) is 10.3. The number of amides is 2. The summed E-state index contributed by atoms with van der Waals surface area (Å²) in [4.78, 5) is 34.0. The van der Waals surface area contributed by atoms with Gasteiger partial charge in [-0.05, 0) is 63.6 Å². The Kier molecular flexibility index (Phi) is 7.06.